The largest absolute Gasteiger partial charge is 0.494 e. The van der Waals surface area contributed by atoms with Gasteiger partial charge in [-0.1, -0.05) is 12.1 Å². The second-order valence-corrected chi connectivity index (χ2v) is 5.52. The number of hydrogen-bond donors (Lipinski definition) is 0. The van der Waals surface area contributed by atoms with Gasteiger partial charge >= 0.3 is 5.97 Å². The second kappa shape index (κ2) is 10.5. The number of carbonyl (C=O) groups excluding carboxylic acids is 2. The van der Waals surface area contributed by atoms with Crippen LogP contribution in [0.5, 0.6) is 5.75 Å². The molecule has 5 nitrogen and oxygen atoms in total. The SMILES string of the molecule is CCOC(=O)CCN(C(=O)/C=C/c1ccc(OCC)cc1)C(C)C. The highest BCUT2D eigenvalue weighted by atomic mass is 16.5. The van der Waals surface area contributed by atoms with Gasteiger partial charge < -0.3 is 14.4 Å². The van der Waals surface area contributed by atoms with Gasteiger partial charge in [-0.3, -0.25) is 9.59 Å². The molecule has 132 valence electrons. The van der Waals surface area contributed by atoms with Gasteiger partial charge in [-0.2, -0.15) is 0 Å². The molecule has 0 aromatic heterocycles. The summed E-state index contributed by atoms with van der Waals surface area (Å²) in [6.45, 7) is 8.88. The van der Waals surface area contributed by atoms with Crippen LogP contribution >= 0.6 is 0 Å². The smallest absolute Gasteiger partial charge is 0.307 e. The van der Waals surface area contributed by atoms with Crippen LogP contribution in [0.2, 0.25) is 0 Å². The molecule has 1 aromatic rings. The van der Waals surface area contributed by atoms with E-state index in [1.165, 1.54) is 6.08 Å². The lowest BCUT2D eigenvalue weighted by atomic mass is 10.2. The van der Waals surface area contributed by atoms with Crippen molar-refractivity contribution in [2.45, 2.75) is 40.2 Å². The first-order chi connectivity index (χ1) is 11.5. The molecule has 0 aliphatic heterocycles. The molecule has 0 N–H and O–H groups in total. The summed E-state index contributed by atoms with van der Waals surface area (Å²) in [7, 11) is 0. The fourth-order valence-corrected chi connectivity index (χ4v) is 2.17. The van der Waals surface area contributed by atoms with Crippen molar-refractivity contribution in [3.8, 4) is 5.75 Å². The minimum Gasteiger partial charge on any atom is -0.494 e. The monoisotopic (exact) mass is 333 g/mol. The summed E-state index contributed by atoms with van der Waals surface area (Å²) in [5.74, 6) is 0.397. The zero-order chi connectivity index (χ0) is 17.9. The number of esters is 1. The molecule has 0 saturated carbocycles. The second-order valence-electron chi connectivity index (χ2n) is 5.52. The summed E-state index contributed by atoms with van der Waals surface area (Å²) in [5.41, 5.74) is 0.918. The van der Waals surface area contributed by atoms with E-state index in [1.54, 1.807) is 17.9 Å². The fraction of sp³-hybridized carbons (Fsp3) is 0.474. The zero-order valence-corrected chi connectivity index (χ0v) is 15.0. The lowest BCUT2D eigenvalue weighted by molar-refractivity contribution is -0.144. The molecule has 1 rings (SSSR count). The predicted octanol–water partition coefficient (Wildman–Crippen LogP) is 3.29. The zero-order valence-electron chi connectivity index (χ0n) is 15.0. The molecular weight excluding hydrogens is 306 g/mol. The minimum atomic E-state index is -0.286. The Morgan fingerprint density at radius 1 is 1.12 bits per heavy atom. The fourth-order valence-electron chi connectivity index (χ4n) is 2.17. The molecule has 1 aromatic carbocycles. The summed E-state index contributed by atoms with van der Waals surface area (Å²) in [4.78, 5) is 25.5. The Morgan fingerprint density at radius 2 is 1.79 bits per heavy atom. The van der Waals surface area contributed by atoms with Crippen LogP contribution < -0.4 is 4.74 Å². The van der Waals surface area contributed by atoms with Gasteiger partial charge in [0, 0.05) is 18.7 Å². The number of nitrogens with zero attached hydrogens (tertiary/aromatic N) is 1. The number of hydrogen-bond acceptors (Lipinski definition) is 4. The van der Waals surface area contributed by atoms with Gasteiger partial charge in [0.05, 0.1) is 19.6 Å². The van der Waals surface area contributed by atoms with E-state index in [1.807, 2.05) is 45.0 Å². The first-order valence-electron chi connectivity index (χ1n) is 8.35. The van der Waals surface area contributed by atoms with Crippen LogP contribution in [0, 0.1) is 0 Å². The number of ether oxygens (including phenoxy) is 2. The minimum absolute atomic E-state index is 0.0110. The van der Waals surface area contributed by atoms with E-state index < -0.39 is 0 Å². The summed E-state index contributed by atoms with van der Waals surface area (Å²) >= 11 is 0. The maximum absolute atomic E-state index is 12.4. The molecular formula is C19H27NO4. The average molecular weight is 333 g/mol. The van der Waals surface area contributed by atoms with Crippen LogP contribution in [0.15, 0.2) is 30.3 Å². The highest BCUT2D eigenvalue weighted by Crippen LogP contribution is 2.13. The third-order valence-corrected chi connectivity index (χ3v) is 3.38. The van der Waals surface area contributed by atoms with Crippen molar-refractivity contribution in [1.29, 1.82) is 0 Å². The Labute approximate surface area is 144 Å². The number of carbonyl (C=O) groups is 2. The quantitative estimate of drug-likeness (QED) is 0.514. The summed E-state index contributed by atoms with van der Waals surface area (Å²) in [5, 5.41) is 0. The Morgan fingerprint density at radius 3 is 2.33 bits per heavy atom. The van der Waals surface area contributed by atoms with Crippen molar-refractivity contribution < 1.29 is 19.1 Å². The number of benzene rings is 1. The molecule has 1 amide bonds. The first-order valence-corrected chi connectivity index (χ1v) is 8.35. The lowest BCUT2D eigenvalue weighted by Gasteiger charge is -2.25. The molecule has 24 heavy (non-hydrogen) atoms. The van der Waals surface area contributed by atoms with E-state index in [9.17, 15) is 9.59 Å². The third-order valence-electron chi connectivity index (χ3n) is 3.38. The molecule has 0 radical (unpaired) electrons. The van der Waals surface area contributed by atoms with Gasteiger partial charge in [-0.15, -0.1) is 0 Å². The van der Waals surface area contributed by atoms with E-state index in [4.69, 9.17) is 9.47 Å². The standard InChI is InChI=1S/C19H27NO4/c1-5-23-17-10-7-16(8-11-17)9-12-18(21)20(15(3)4)14-13-19(22)24-6-2/h7-12,15H,5-6,13-14H2,1-4H3/b12-9+. The van der Waals surface area contributed by atoms with Crippen LogP contribution in [-0.4, -0.2) is 42.6 Å². The van der Waals surface area contributed by atoms with E-state index >= 15 is 0 Å². The predicted molar refractivity (Wildman–Crippen MR) is 94.7 cm³/mol. The van der Waals surface area contributed by atoms with Crippen molar-refractivity contribution >= 4 is 18.0 Å². The molecule has 0 aliphatic carbocycles. The van der Waals surface area contributed by atoms with E-state index in [2.05, 4.69) is 0 Å². The topological polar surface area (TPSA) is 55.8 Å². The third kappa shape index (κ3) is 6.86. The van der Waals surface area contributed by atoms with Gasteiger partial charge in [-0.25, -0.2) is 0 Å². The van der Waals surface area contributed by atoms with Crippen molar-refractivity contribution in [2.24, 2.45) is 0 Å². The molecule has 0 aliphatic rings. The van der Waals surface area contributed by atoms with Crippen molar-refractivity contribution in [2.75, 3.05) is 19.8 Å². The molecule has 0 heterocycles. The number of rotatable bonds is 9. The summed E-state index contributed by atoms with van der Waals surface area (Å²) < 4.78 is 10.3. The molecule has 0 fully saturated rings. The van der Waals surface area contributed by atoms with E-state index in [0.29, 0.717) is 19.8 Å². The molecule has 0 bridgehead atoms. The van der Waals surface area contributed by atoms with Crippen LogP contribution in [-0.2, 0) is 14.3 Å². The van der Waals surface area contributed by atoms with Gasteiger partial charge in [0.25, 0.3) is 0 Å². The maximum atomic E-state index is 12.4. The van der Waals surface area contributed by atoms with Crippen LogP contribution in [0.1, 0.15) is 39.7 Å². The van der Waals surface area contributed by atoms with Gasteiger partial charge in [-0.05, 0) is 51.5 Å². The van der Waals surface area contributed by atoms with Crippen LogP contribution in [0.25, 0.3) is 6.08 Å². The Kier molecular flexibility index (Phi) is 8.61. The highest BCUT2D eigenvalue weighted by Gasteiger charge is 2.16. The first kappa shape index (κ1) is 19.7. The van der Waals surface area contributed by atoms with Crippen molar-refractivity contribution in [3.05, 3.63) is 35.9 Å². The van der Waals surface area contributed by atoms with Gasteiger partial charge in [0.1, 0.15) is 5.75 Å². The molecule has 0 atom stereocenters. The lowest BCUT2D eigenvalue weighted by Crippen LogP contribution is -2.37. The van der Waals surface area contributed by atoms with E-state index in [-0.39, 0.29) is 24.3 Å². The van der Waals surface area contributed by atoms with Gasteiger partial charge in [0.2, 0.25) is 5.91 Å². The maximum Gasteiger partial charge on any atom is 0.307 e. The van der Waals surface area contributed by atoms with E-state index in [0.717, 1.165) is 11.3 Å². The Balaban J connectivity index is 2.65. The van der Waals surface area contributed by atoms with Crippen LogP contribution in [0.3, 0.4) is 0 Å². The van der Waals surface area contributed by atoms with Crippen molar-refractivity contribution in [3.63, 3.8) is 0 Å². The highest BCUT2D eigenvalue weighted by molar-refractivity contribution is 5.92. The van der Waals surface area contributed by atoms with Crippen LogP contribution in [0.4, 0.5) is 0 Å². The molecule has 5 heteroatoms. The molecule has 0 saturated heterocycles. The number of amides is 1. The molecule has 0 spiro atoms. The Bertz CT molecular complexity index is 549. The normalized spacial score (nSPS) is 10.9. The summed E-state index contributed by atoms with van der Waals surface area (Å²) in [6.07, 6.45) is 3.49. The Hall–Kier alpha value is -2.30. The van der Waals surface area contributed by atoms with Crippen molar-refractivity contribution in [1.82, 2.24) is 4.90 Å². The average Bonchev–Trinajstić information content (AvgIpc) is 2.54. The summed E-state index contributed by atoms with van der Waals surface area (Å²) in [6, 6.07) is 7.54. The molecule has 0 unspecified atom stereocenters. The van der Waals surface area contributed by atoms with Gasteiger partial charge in [0.15, 0.2) is 0 Å².